The summed E-state index contributed by atoms with van der Waals surface area (Å²) in [5, 5.41) is 0.725. The van der Waals surface area contributed by atoms with E-state index < -0.39 is 12.3 Å². The van der Waals surface area contributed by atoms with Gasteiger partial charge in [0.25, 0.3) is 0 Å². The van der Waals surface area contributed by atoms with Crippen molar-refractivity contribution < 1.29 is 23.7 Å². The molecule has 0 amide bonds. The summed E-state index contributed by atoms with van der Waals surface area (Å²) in [5.41, 5.74) is 0.560. The summed E-state index contributed by atoms with van der Waals surface area (Å²) in [4.78, 5) is 11.3. The molecule has 7 heteroatoms. The normalized spacial score (nSPS) is 15.3. The SMILES string of the molecule is CCOC(=O)COc1c(Cl)cc(Cl)cc1C1OCCO1. The summed E-state index contributed by atoms with van der Waals surface area (Å²) < 4.78 is 21.0. The zero-order chi connectivity index (χ0) is 14.5. The molecule has 0 radical (unpaired) electrons. The molecular formula is C13H14Cl2O5. The first-order chi connectivity index (χ1) is 9.61. The fourth-order valence-corrected chi connectivity index (χ4v) is 2.34. The fourth-order valence-electron chi connectivity index (χ4n) is 1.78. The minimum absolute atomic E-state index is 0.241. The van der Waals surface area contributed by atoms with Gasteiger partial charge in [-0.05, 0) is 19.1 Å². The Labute approximate surface area is 126 Å². The zero-order valence-corrected chi connectivity index (χ0v) is 12.4. The monoisotopic (exact) mass is 320 g/mol. The molecule has 0 bridgehead atoms. The van der Waals surface area contributed by atoms with Crippen LogP contribution in [0.2, 0.25) is 10.0 Å². The van der Waals surface area contributed by atoms with Crippen LogP contribution in [0.5, 0.6) is 5.75 Å². The maximum atomic E-state index is 11.3. The Morgan fingerprint density at radius 3 is 2.70 bits per heavy atom. The fraction of sp³-hybridized carbons (Fsp3) is 0.462. The second-order valence-electron chi connectivity index (χ2n) is 3.97. The van der Waals surface area contributed by atoms with Gasteiger partial charge in [0, 0.05) is 5.02 Å². The predicted octanol–water partition coefficient (Wildman–Crippen LogP) is 2.98. The summed E-state index contributed by atoms with van der Waals surface area (Å²) in [6.45, 7) is 2.73. The Morgan fingerprint density at radius 2 is 2.05 bits per heavy atom. The largest absolute Gasteiger partial charge is 0.480 e. The summed E-state index contributed by atoms with van der Waals surface area (Å²) in [6.07, 6.45) is -0.594. The molecule has 2 rings (SSSR count). The minimum Gasteiger partial charge on any atom is -0.480 e. The molecular weight excluding hydrogens is 307 g/mol. The van der Waals surface area contributed by atoms with Gasteiger partial charge in [-0.2, -0.15) is 0 Å². The number of carbonyl (C=O) groups is 1. The van der Waals surface area contributed by atoms with E-state index in [2.05, 4.69) is 0 Å². The van der Waals surface area contributed by atoms with Gasteiger partial charge in [0.1, 0.15) is 5.75 Å². The quantitative estimate of drug-likeness (QED) is 0.781. The lowest BCUT2D eigenvalue weighted by molar-refractivity contribution is -0.145. The van der Waals surface area contributed by atoms with E-state index in [1.807, 2.05) is 0 Å². The molecule has 110 valence electrons. The van der Waals surface area contributed by atoms with Crippen LogP contribution in [-0.2, 0) is 19.0 Å². The molecule has 0 saturated carbocycles. The van der Waals surface area contributed by atoms with Crippen molar-refractivity contribution in [3.63, 3.8) is 0 Å². The molecule has 0 atom stereocenters. The molecule has 0 aliphatic carbocycles. The summed E-state index contributed by atoms with van der Waals surface area (Å²) in [6, 6.07) is 3.17. The van der Waals surface area contributed by atoms with E-state index in [-0.39, 0.29) is 18.2 Å². The third kappa shape index (κ3) is 3.76. The van der Waals surface area contributed by atoms with E-state index in [1.54, 1.807) is 13.0 Å². The predicted molar refractivity (Wildman–Crippen MR) is 73.2 cm³/mol. The van der Waals surface area contributed by atoms with E-state index in [0.29, 0.717) is 29.5 Å². The van der Waals surface area contributed by atoms with Crippen molar-refractivity contribution in [3.8, 4) is 5.75 Å². The molecule has 1 aromatic rings. The first-order valence-electron chi connectivity index (χ1n) is 6.12. The summed E-state index contributed by atoms with van der Waals surface area (Å²) in [5.74, 6) is -0.159. The lowest BCUT2D eigenvalue weighted by Gasteiger charge is -2.17. The molecule has 0 aromatic heterocycles. The van der Waals surface area contributed by atoms with E-state index in [0.717, 1.165) is 0 Å². The van der Waals surface area contributed by atoms with Gasteiger partial charge in [-0.15, -0.1) is 0 Å². The highest BCUT2D eigenvalue weighted by atomic mass is 35.5. The second-order valence-corrected chi connectivity index (χ2v) is 4.82. The lowest BCUT2D eigenvalue weighted by atomic mass is 10.2. The third-order valence-corrected chi connectivity index (χ3v) is 3.05. The number of carbonyl (C=O) groups excluding carboxylic acids is 1. The highest BCUT2D eigenvalue weighted by Gasteiger charge is 2.25. The van der Waals surface area contributed by atoms with E-state index >= 15 is 0 Å². The summed E-state index contributed by atoms with van der Waals surface area (Å²) in [7, 11) is 0. The van der Waals surface area contributed by atoms with Crippen molar-refractivity contribution in [1.29, 1.82) is 0 Å². The third-order valence-electron chi connectivity index (χ3n) is 2.55. The van der Waals surface area contributed by atoms with Crippen LogP contribution < -0.4 is 4.74 Å². The van der Waals surface area contributed by atoms with Crippen LogP contribution in [0.1, 0.15) is 18.8 Å². The average Bonchev–Trinajstić information content (AvgIpc) is 2.91. The molecule has 1 heterocycles. The maximum absolute atomic E-state index is 11.3. The van der Waals surface area contributed by atoms with Crippen molar-refractivity contribution in [2.45, 2.75) is 13.2 Å². The molecule has 1 aliphatic heterocycles. The van der Waals surface area contributed by atoms with Crippen LogP contribution in [0.3, 0.4) is 0 Å². The Bertz CT molecular complexity index is 486. The maximum Gasteiger partial charge on any atom is 0.344 e. The van der Waals surface area contributed by atoms with Crippen molar-refractivity contribution in [2.24, 2.45) is 0 Å². The highest BCUT2D eigenvalue weighted by Crippen LogP contribution is 2.39. The van der Waals surface area contributed by atoms with Crippen LogP contribution in [-0.4, -0.2) is 32.4 Å². The molecule has 1 aromatic carbocycles. The lowest BCUT2D eigenvalue weighted by Crippen LogP contribution is -2.16. The first-order valence-corrected chi connectivity index (χ1v) is 6.88. The van der Waals surface area contributed by atoms with Crippen LogP contribution in [0.25, 0.3) is 0 Å². The Kier molecular flexibility index (Phi) is 5.48. The van der Waals surface area contributed by atoms with Gasteiger partial charge < -0.3 is 18.9 Å². The molecule has 0 N–H and O–H groups in total. The van der Waals surface area contributed by atoms with Gasteiger partial charge in [0.15, 0.2) is 12.9 Å². The Hall–Kier alpha value is -1.01. The van der Waals surface area contributed by atoms with E-state index in [9.17, 15) is 4.79 Å². The molecule has 5 nitrogen and oxygen atoms in total. The summed E-state index contributed by atoms with van der Waals surface area (Å²) >= 11 is 12.1. The molecule has 1 saturated heterocycles. The van der Waals surface area contributed by atoms with Crippen molar-refractivity contribution in [1.82, 2.24) is 0 Å². The molecule has 0 spiro atoms. The van der Waals surface area contributed by atoms with Crippen LogP contribution >= 0.6 is 23.2 Å². The Morgan fingerprint density at radius 1 is 1.35 bits per heavy atom. The number of ether oxygens (including phenoxy) is 4. The average molecular weight is 321 g/mol. The van der Waals surface area contributed by atoms with Crippen LogP contribution in [0, 0.1) is 0 Å². The standard InChI is InChI=1S/C13H14Cl2O5/c1-2-17-11(16)7-20-12-9(13-18-3-4-19-13)5-8(14)6-10(12)15/h5-6,13H,2-4,7H2,1H3. The zero-order valence-electron chi connectivity index (χ0n) is 10.9. The number of benzene rings is 1. The number of hydrogen-bond acceptors (Lipinski definition) is 5. The van der Waals surface area contributed by atoms with Gasteiger partial charge >= 0.3 is 5.97 Å². The number of rotatable bonds is 5. The molecule has 1 fully saturated rings. The van der Waals surface area contributed by atoms with Gasteiger partial charge in [-0.1, -0.05) is 23.2 Å². The van der Waals surface area contributed by atoms with Crippen LogP contribution in [0.15, 0.2) is 12.1 Å². The Balaban J connectivity index is 2.19. The highest BCUT2D eigenvalue weighted by molar-refractivity contribution is 6.35. The first kappa shape index (κ1) is 15.4. The van der Waals surface area contributed by atoms with E-state index in [4.69, 9.17) is 42.1 Å². The smallest absolute Gasteiger partial charge is 0.344 e. The van der Waals surface area contributed by atoms with Gasteiger partial charge in [0.2, 0.25) is 0 Å². The van der Waals surface area contributed by atoms with Crippen molar-refractivity contribution in [3.05, 3.63) is 27.7 Å². The topological polar surface area (TPSA) is 54.0 Å². The number of halogens is 2. The molecule has 0 unspecified atom stereocenters. The van der Waals surface area contributed by atoms with Gasteiger partial charge in [-0.25, -0.2) is 4.79 Å². The molecule has 20 heavy (non-hydrogen) atoms. The number of hydrogen-bond donors (Lipinski definition) is 0. The van der Waals surface area contributed by atoms with Crippen molar-refractivity contribution >= 4 is 29.2 Å². The van der Waals surface area contributed by atoms with Crippen molar-refractivity contribution in [2.75, 3.05) is 26.4 Å². The van der Waals surface area contributed by atoms with Gasteiger partial charge in [0.05, 0.1) is 30.4 Å². The number of esters is 1. The van der Waals surface area contributed by atoms with E-state index in [1.165, 1.54) is 6.07 Å². The molecule has 1 aliphatic rings. The van der Waals surface area contributed by atoms with Gasteiger partial charge in [-0.3, -0.25) is 0 Å². The second kappa shape index (κ2) is 7.13. The minimum atomic E-state index is -0.594. The van der Waals surface area contributed by atoms with Crippen LogP contribution in [0.4, 0.5) is 0 Å².